The highest BCUT2D eigenvalue weighted by Gasteiger charge is 2.53. The van der Waals surface area contributed by atoms with Crippen molar-refractivity contribution >= 4 is 0 Å². The van der Waals surface area contributed by atoms with Crippen LogP contribution >= 0.6 is 0 Å². The molecule has 1 aliphatic carbocycles. The molecule has 346 valence electrons. The van der Waals surface area contributed by atoms with Crippen molar-refractivity contribution in [3.05, 3.63) is 215 Å². The van der Waals surface area contributed by atoms with Crippen LogP contribution in [0.4, 0.5) is 0 Å². The summed E-state index contributed by atoms with van der Waals surface area (Å²) >= 11 is 0. The minimum absolute atomic E-state index is 0.152. The van der Waals surface area contributed by atoms with E-state index in [4.69, 9.17) is 42.6 Å². The molecule has 10 atom stereocenters. The summed E-state index contributed by atoms with van der Waals surface area (Å²) in [5.74, 6) is -0.246. The van der Waals surface area contributed by atoms with Gasteiger partial charge in [0.1, 0.15) is 36.6 Å². The molecule has 6 aromatic rings. The largest absolute Gasteiger partial charge is 0.388 e. The molecule has 0 spiro atoms. The average Bonchev–Trinajstić information content (AvgIpc) is 3.37. The van der Waals surface area contributed by atoms with Gasteiger partial charge < -0.3 is 47.7 Å². The van der Waals surface area contributed by atoms with E-state index in [0.717, 1.165) is 33.4 Å². The lowest BCUT2D eigenvalue weighted by atomic mass is 9.80. The Labute approximate surface area is 389 Å². The van der Waals surface area contributed by atoms with E-state index in [1.165, 1.54) is 0 Å². The Morgan fingerprint density at radius 3 is 1.21 bits per heavy atom. The first kappa shape index (κ1) is 47.4. The molecule has 10 nitrogen and oxygen atoms in total. The Balaban J connectivity index is 1.12. The molecule has 66 heavy (non-hydrogen) atoms. The van der Waals surface area contributed by atoms with E-state index >= 15 is 0 Å². The van der Waals surface area contributed by atoms with Crippen molar-refractivity contribution in [1.29, 1.82) is 0 Å². The summed E-state index contributed by atoms with van der Waals surface area (Å²) in [5, 5.41) is 12.7. The first-order valence-corrected chi connectivity index (χ1v) is 23.0. The zero-order chi connectivity index (χ0) is 45.2. The second kappa shape index (κ2) is 25.2. The summed E-state index contributed by atoms with van der Waals surface area (Å²) < 4.78 is 60.3. The molecule has 0 bridgehead atoms. The number of benzene rings is 6. The van der Waals surface area contributed by atoms with Crippen molar-refractivity contribution in [2.24, 2.45) is 5.92 Å². The third kappa shape index (κ3) is 13.5. The van der Waals surface area contributed by atoms with Crippen molar-refractivity contribution in [3.8, 4) is 0 Å². The zero-order valence-electron chi connectivity index (χ0n) is 37.6. The summed E-state index contributed by atoms with van der Waals surface area (Å²) in [5.41, 5.74) is 6.04. The van der Waals surface area contributed by atoms with E-state index in [9.17, 15) is 5.11 Å². The molecule has 1 saturated heterocycles. The second-order valence-corrected chi connectivity index (χ2v) is 17.0. The van der Waals surface area contributed by atoms with Gasteiger partial charge in [0.15, 0.2) is 6.29 Å². The molecule has 10 heteroatoms. The van der Waals surface area contributed by atoms with E-state index in [1.807, 2.05) is 182 Å². The van der Waals surface area contributed by atoms with Gasteiger partial charge in [0.25, 0.3) is 0 Å². The van der Waals surface area contributed by atoms with Crippen LogP contribution in [0.1, 0.15) is 39.8 Å². The topological polar surface area (TPSA) is 103 Å². The average molecular weight is 895 g/mol. The summed E-state index contributed by atoms with van der Waals surface area (Å²) in [6.07, 6.45) is -6.60. The molecular formula is C56H62O10. The molecule has 0 aromatic heterocycles. The van der Waals surface area contributed by atoms with Crippen LogP contribution < -0.4 is 0 Å². The summed E-state index contributed by atoms with van der Waals surface area (Å²) in [4.78, 5) is 0. The Hall–Kier alpha value is -5.08. The molecule has 2 aliphatic rings. The van der Waals surface area contributed by atoms with Crippen molar-refractivity contribution in [1.82, 2.24) is 0 Å². The van der Waals surface area contributed by atoms with Crippen LogP contribution in [0.3, 0.4) is 0 Å². The second-order valence-electron chi connectivity index (χ2n) is 17.0. The summed E-state index contributed by atoms with van der Waals surface area (Å²) in [6, 6.07) is 60.1. The minimum Gasteiger partial charge on any atom is -0.388 e. The number of hydrogen-bond donors (Lipinski definition) is 1. The maximum Gasteiger partial charge on any atom is 0.186 e. The zero-order valence-corrected chi connectivity index (χ0v) is 37.6. The summed E-state index contributed by atoms with van der Waals surface area (Å²) in [6.45, 7) is 2.40. The molecule has 1 aliphatic heterocycles. The van der Waals surface area contributed by atoms with Gasteiger partial charge in [-0.05, 0) is 39.8 Å². The van der Waals surface area contributed by atoms with Crippen LogP contribution in [0.5, 0.6) is 0 Å². The van der Waals surface area contributed by atoms with Crippen LogP contribution in [0, 0.1) is 5.92 Å². The Bertz CT molecular complexity index is 2220. The maximum atomic E-state index is 12.7. The van der Waals surface area contributed by atoms with Gasteiger partial charge in [-0.1, -0.05) is 182 Å². The van der Waals surface area contributed by atoms with Crippen molar-refractivity contribution in [3.63, 3.8) is 0 Å². The van der Waals surface area contributed by atoms with E-state index in [0.29, 0.717) is 32.8 Å². The third-order valence-electron chi connectivity index (χ3n) is 12.2. The maximum absolute atomic E-state index is 12.7. The van der Waals surface area contributed by atoms with Gasteiger partial charge in [0.05, 0.1) is 65.1 Å². The molecule has 2 fully saturated rings. The van der Waals surface area contributed by atoms with Crippen molar-refractivity contribution in [2.45, 2.75) is 101 Å². The number of aliphatic hydroxyl groups excluding tert-OH is 1. The number of rotatable bonds is 23. The van der Waals surface area contributed by atoms with Gasteiger partial charge in [0.2, 0.25) is 0 Å². The fourth-order valence-electron chi connectivity index (χ4n) is 8.74. The van der Waals surface area contributed by atoms with Gasteiger partial charge in [-0.2, -0.15) is 0 Å². The van der Waals surface area contributed by atoms with E-state index < -0.39 is 55.1 Å². The number of ether oxygens (including phenoxy) is 9. The van der Waals surface area contributed by atoms with E-state index in [1.54, 1.807) is 7.11 Å². The van der Waals surface area contributed by atoms with Gasteiger partial charge in [-0.25, -0.2) is 0 Å². The highest BCUT2D eigenvalue weighted by atomic mass is 16.7. The standard InChI is InChI=1S/C56H62O10/c1-58-56-55(64-38-46-30-18-7-19-31-46)54(63-37-45-28-16-6-17-29-45)52(49(66-56)40-60-34-42-22-10-3-11-23-42)65-48-32-47(39-59-33-41-20-8-2-9-21-41)51(61-35-43-24-12-4-13-25-43)53(50(48)57)62-36-44-26-14-5-15-27-44/h2-31,47-57H,32-40H2,1H3/t47-,48+,49-,50-,51-,52-,53-,54+,55-,56+/m1/s1. The van der Waals surface area contributed by atoms with E-state index in [-0.39, 0.29) is 32.3 Å². The fourth-order valence-corrected chi connectivity index (χ4v) is 8.74. The Morgan fingerprint density at radius 1 is 0.424 bits per heavy atom. The lowest BCUT2D eigenvalue weighted by Gasteiger charge is -2.49. The normalized spacial score (nSPS) is 25.4. The highest BCUT2D eigenvalue weighted by Crippen LogP contribution is 2.38. The first-order chi connectivity index (χ1) is 32.6. The fraction of sp³-hybridized carbons (Fsp3) is 0.357. The van der Waals surface area contributed by atoms with Gasteiger partial charge in [-0.3, -0.25) is 0 Å². The van der Waals surface area contributed by atoms with Crippen LogP contribution in [0.2, 0.25) is 0 Å². The SMILES string of the molecule is CO[C@H]1O[C@H](COCc2ccccc2)[C@@H](O[C@H]2C[C@H](COCc3ccccc3)[C@@H](OCc3ccccc3)[C@H](OCc3ccccc3)[C@@H]2O)[C@H](OCc2ccccc2)[C@H]1OCc1ccccc1. The molecule has 0 amide bonds. The molecule has 1 saturated carbocycles. The molecule has 0 unspecified atom stereocenters. The van der Waals surface area contributed by atoms with Crippen molar-refractivity contribution < 1.29 is 47.7 Å². The molecule has 8 rings (SSSR count). The molecule has 1 heterocycles. The highest BCUT2D eigenvalue weighted by molar-refractivity contribution is 5.18. The van der Waals surface area contributed by atoms with Crippen LogP contribution in [0.25, 0.3) is 0 Å². The van der Waals surface area contributed by atoms with Gasteiger partial charge in [-0.15, -0.1) is 0 Å². The predicted octanol–water partition coefficient (Wildman–Crippen LogP) is 9.27. The van der Waals surface area contributed by atoms with E-state index in [2.05, 4.69) is 0 Å². The number of hydrogen-bond acceptors (Lipinski definition) is 10. The molecule has 6 aromatic carbocycles. The van der Waals surface area contributed by atoms with Gasteiger partial charge >= 0.3 is 0 Å². The number of methoxy groups -OCH3 is 1. The first-order valence-electron chi connectivity index (χ1n) is 23.0. The number of aliphatic hydroxyl groups is 1. The molecule has 1 N–H and O–H groups in total. The monoisotopic (exact) mass is 894 g/mol. The van der Waals surface area contributed by atoms with Crippen LogP contribution in [-0.4, -0.2) is 80.6 Å². The van der Waals surface area contributed by atoms with Gasteiger partial charge in [0, 0.05) is 13.0 Å². The van der Waals surface area contributed by atoms with Crippen LogP contribution in [-0.2, 0) is 82.3 Å². The predicted molar refractivity (Wildman–Crippen MR) is 251 cm³/mol. The lowest BCUT2D eigenvalue weighted by molar-refractivity contribution is -0.335. The minimum atomic E-state index is -1.12. The Morgan fingerprint density at radius 2 is 0.788 bits per heavy atom. The van der Waals surface area contributed by atoms with Crippen LogP contribution in [0.15, 0.2) is 182 Å². The third-order valence-corrected chi connectivity index (χ3v) is 12.2. The Kier molecular flexibility index (Phi) is 18.1. The van der Waals surface area contributed by atoms with Crippen molar-refractivity contribution in [2.75, 3.05) is 20.3 Å². The summed E-state index contributed by atoms with van der Waals surface area (Å²) in [7, 11) is 1.61. The molecule has 0 radical (unpaired) electrons. The quantitative estimate of drug-likeness (QED) is 0.0670. The lowest BCUT2D eigenvalue weighted by Crippen LogP contribution is -2.64. The smallest absolute Gasteiger partial charge is 0.186 e. The molecular weight excluding hydrogens is 833 g/mol.